The van der Waals surface area contributed by atoms with Crippen LogP contribution in [0.3, 0.4) is 0 Å². The standard InChI is InChI=1S/C24H39NO10/c1-14-15(22(31)35-21(14)30)6-7-18(28)25-23(2,3)8-11-33-24(4,5)9-10-32-19-12-16(27)20(29)17(13-26)34-19/h16-17,19-20,26-27,29H,6-13H2,1-5H3,(H,25,28)/t16-,17-,19?,20-/m1/s1. The fourth-order valence-electron chi connectivity index (χ4n) is 3.79. The number of cyclic esters (lactones) is 2. The van der Waals surface area contributed by atoms with E-state index in [9.17, 15) is 29.7 Å². The minimum Gasteiger partial charge on any atom is -0.394 e. The second-order valence-corrected chi connectivity index (χ2v) is 10.3. The van der Waals surface area contributed by atoms with Crippen LogP contribution >= 0.6 is 0 Å². The summed E-state index contributed by atoms with van der Waals surface area (Å²) >= 11 is 0. The number of hydrogen-bond acceptors (Lipinski definition) is 10. The number of amides is 1. The van der Waals surface area contributed by atoms with E-state index in [1.165, 1.54) is 6.92 Å². The fourth-order valence-corrected chi connectivity index (χ4v) is 3.79. The van der Waals surface area contributed by atoms with Crippen LogP contribution in [-0.4, -0.2) is 88.7 Å². The van der Waals surface area contributed by atoms with Crippen LogP contribution in [0.4, 0.5) is 0 Å². The Morgan fingerprint density at radius 3 is 2.40 bits per heavy atom. The molecule has 0 radical (unpaired) electrons. The minimum absolute atomic E-state index is 0.0638. The second kappa shape index (κ2) is 12.4. The third kappa shape index (κ3) is 8.93. The lowest BCUT2D eigenvalue weighted by Gasteiger charge is -2.36. The highest BCUT2D eigenvalue weighted by Gasteiger charge is 2.37. The molecule has 11 nitrogen and oxygen atoms in total. The summed E-state index contributed by atoms with van der Waals surface area (Å²) in [6.07, 6.45) is -2.39. The van der Waals surface area contributed by atoms with Crippen molar-refractivity contribution in [3.8, 4) is 0 Å². The van der Waals surface area contributed by atoms with Gasteiger partial charge in [0.2, 0.25) is 5.91 Å². The quantitative estimate of drug-likeness (QED) is 0.206. The average molecular weight is 502 g/mol. The molecule has 0 aromatic rings. The van der Waals surface area contributed by atoms with Crippen molar-refractivity contribution in [3.63, 3.8) is 0 Å². The van der Waals surface area contributed by atoms with Crippen LogP contribution in [-0.2, 0) is 33.3 Å². The van der Waals surface area contributed by atoms with Gasteiger partial charge < -0.3 is 39.6 Å². The van der Waals surface area contributed by atoms with Gasteiger partial charge in [0.15, 0.2) is 6.29 Å². The fraction of sp³-hybridized carbons (Fsp3) is 0.792. The maximum absolute atomic E-state index is 12.4. The molecule has 200 valence electrons. The van der Waals surface area contributed by atoms with Crippen LogP contribution in [0.5, 0.6) is 0 Å². The van der Waals surface area contributed by atoms with E-state index in [1.54, 1.807) is 0 Å². The summed E-state index contributed by atoms with van der Waals surface area (Å²) in [7, 11) is 0. The van der Waals surface area contributed by atoms with Gasteiger partial charge in [-0.3, -0.25) is 4.79 Å². The minimum atomic E-state index is -1.15. The molecule has 1 amide bonds. The Morgan fingerprint density at radius 2 is 1.80 bits per heavy atom. The first-order chi connectivity index (χ1) is 16.2. The van der Waals surface area contributed by atoms with Gasteiger partial charge >= 0.3 is 11.9 Å². The highest BCUT2D eigenvalue weighted by molar-refractivity contribution is 6.12. The third-order valence-corrected chi connectivity index (χ3v) is 6.21. The molecule has 4 N–H and O–H groups in total. The van der Waals surface area contributed by atoms with Crippen molar-refractivity contribution in [2.45, 2.75) is 102 Å². The number of esters is 2. The largest absolute Gasteiger partial charge is 0.394 e. The highest BCUT2D eigenvalue weighted by atomic mass is 16.7. The first-order valence-electron chi connectivity index (χ1n) is 11.9. The Labute approximate surface area is 205 Å². The molecule has 11 heteroatoms. The Morgan fingerprint density at radius 1 is 1.11 bits per heavy atom. The van der Waals surface area contributed by atoms with Crippen LogP contribution in [0.25, 0.3) is 0 Å². The van der Waals surface area contributed by atoms with Gasteiger partial charge in [-0.15, -0.1) is 0 Å². The molecule has 2 aliphatic rings. The summed E-state index contributed by atoms with van der Waals surface area (Å²) in [6.45, 7) is 9.34. The van der Waals surface area contributed by atoms with Crippen molar-refractivity contribution >= 4 is 17.8 Å². The first-order valence-corrected chi connectivity index (χ1v) is 11.9. The number of aliphatic hydroxyl groups is 3. The Kier molecular flexibility index (Phi) is 10.4. The maximum Gasteiger partial charge on any atom is 0.342 e. The van der Waals surface area contributed by atoms with Gasteiger partial charge in [-0.05, 0) is 53.9 Å². The lowest BCUT2D eigenvalue weighted by Crippen LogP contribution is -2.50. The molecule has 0 bridgehead atoms. The number of aliphatic hydroxyl groups excluding tert-OH is 3. The zero-order valence-corrected chi connectivity index (χ0v) is 21.2. The van der Waals surface area contributed by atoms with Crippen molar-refractivity contribution in [3.05, 3.63) is 11.1 Å². The Hall–Kier alpha value is -1.89. The van der Waals surface area contributed by atoms with Crippen LogP contribution in [0, 0.1) is 0 Å². The molecule has 2 aliphatic heterocycles. The molecule has 4 atom stereocenters. The summed E-state index contributed by atoms with van der Waals surface area (Å²) in [6, 6.07) is 0. The van der Waals surface area contributed by atoms with Gasteiger partial charge in [0.1, 0.15) is 12.2 Å². The molecule has 0 spiro atoms. The average Bonchev–Trinajstić information content (AvgIpc) is 2.99. The summed E-state index contributed by atoms with van der Waals surface area (Å²) in [5.41, 5.74) is -0.585. The molecule has 1 saturated heterocycles. The van der Waals surface area contributed by atoms with Crippen LogP contribution < -0.4 is 5.32 Å². The van der Waals surface area contributed by atoms with Crippen LogP contribution in [0.2, 0.25) is 0 Å². The van der Waals surface area contributed by atoms with Gasteiger partial charge in [0, 0.05) is 36.1 Å². The number of ether oxygens (including phenoxy) is 4. The third-order valence-electron chi connectivity index (χ3n) is 6.21. The van der Waals surface area contributed by atoms with E-state index in [0.29, 0.717) is 26.1 Å². The van der Waals surface area contributed by atoms with E-state index in [2.05, 4.69) is 10.1 Å². The van der Waals surface area contributed by atoms with E-state index in [0.717, 1.165) is 0 Å². The smallest absolute Gasteiger partial charge is 0.342 e. The van der Waals surface area contributed by atoms with Gasteiger partial charge in [0.25, 0.3) is 0 Å². The Balaban J connectivity index is 1.68. The summed E-state index contributed by atoms with van der Waals surface area (Å²) in [4.78, 5) is 35.4. The number of carbonyl (C=O) groups is 3. The molecule has 0 aliphatic carbocycles. The normalized spacial score (nSPS) is 25.7. The van der Waals surface area contributed by atoms with Crippen molar-refractivity contribution < 1.29 is 48.7 Å². The number of carbonyl (C=O) groups excluding carboxylic acids is 3. The molecule has 2 heterocycles. The molecular formula is C24H39NO10. The Bertz CT molecular complexity index is 806. The molecule has 35 heavy (non-hydrogen) atoms. The lowest BCUT2D eigenvalue weighted by atomic mass is 9.99. The summed E-state index contributed by atoms with van der Waals surface area (Å²) < 4.78 is 21.6. The molecule has 0 aromatic heterocycles. The van der Waals surface area contributed by atoms with E-state index in [-0.39, 0.29) is 36.3 Å². The summed E-state index contributed by atoms with van der Waals surface area (Å²) in [5, 5.41) is 31.8. The predicted octanol–water partition coefficient (Wildman–Crippen LogP) is 0.482. The molecular weight excluding hydrogens is 462 g/mol. The van der Waals surface area contributed by atoms with Crippen molar-refractivity contribution in [1.82, 2.24) is 5.32 Å². The second-order valence-electron chi connectivity index (χ2n) is 10.3. The topological polar surface area (TPSA) is 161 Å². The van der Waals surface area contributed by atoms with Gasteiger partial charge in [-0.1, -0.05) is 0 Å². The number of hydrogen-bond donors (Lipinski definition) is 4. The van der Waals surface area contributed by atoms with Crippen molar-refractivity contribution in [1.29, 1.82) is 0 Å². The first kappa shape index (κ1) is 29.3. The SMILES string of the molecule is CC1=C(CCC(=O)NC(C)(C)CCOC(C)(C)CCOC2C[C@@H](O)[C@@H](O)[C@@H](CO)O2)C(=O)OC1=O. The van der Waals surface area contributed by atoms with Crippen molar-refractivity contribution in [2.75, 3.05) is 19.8 Å². The van der Waals surface area contributed by atoms with E-state index in [1.807, 2.05) is 27.7 Å². The van der Waals surface area contributed by atoms with Gasteiger partial charge in [-0.25, -0.2) is 9.59 Å². The highest BCUT2D eigenvalue weighted by Crippen LogP contribution is 2.24. The van der Waals surface area contributed by atoms with Crippen LogP contribution in [0.1, 0.15) is 66.7 Å². The van der Waals surface area contributed by atoms with E-state index >= 15 is 0 Å². The molecule has 1 unspecified atom stereocenters. The monoisotopic (exact) mass is 501 g/mol. The number of rotatable bonds is 13. The van der Waals surface area contributed by atoms with Crippen molar-refractivity contribution in [2.24, 2.45) is 0 Å². The van der Waals surface area contributed by atoms with Gasteiger partial charge in [0.05, 0.1) is 24.9 Å². The molecule has 0 aromatic carbocycles. The van der Waals surface area contributed by atoms with E-state index < -0.39 is 54.3 Å². The maximum atomic E-state index is 12.4. The summed E-state index contributed by atoms with van der Waals surface area (Å²) in [5.74, 6) is -1.58. The zero-order valence-electron chi connectivity index (χ0n) is 21.2. The van der Waals surface area contributed by atoms with E-state index in [4.69, 9.17) is 14.2 Å². The molecule has 0 saturated carbocycles. The van der Waals surface area contributed by atoms with Gasteiger partial charge in [-0.2, -0.15) is 0 Å². The number of nitrogens with one attached hydrogen (secondary N) is 1. The predicted molar refractivity (Wildman–Crippen MR) is 123 cm³/mol. The molecule has 2 rings (SSSR count). The lowest BCUT2D eigenvalue weighted by molar-refractivity contribution is -0.259. The zero-order chi connectivity index (χ0) is 26.4. The molecule has 1 fully saturated rings. The van der Waals surface area contributed by atoms with Crippen LogP contribution in [0.15, 0.2) is 11.1 Å².